The molecule has 0 fully saturated rings. The summed E-state index contributed by atoms with van der Waals surface area (Å²) >= 11 is 0. The van der Waals surface area contributed by atoms with Gasteiger partial charge in [-0.25, -0.2) is 9.97 Å². The number of para-hydroxylation sites is 1. The lowest BCUT2D eigenvalue weighted by atomic mass is 10.2. The van der Waals surface area contributed by atoms with Gasteiger partial charge in [-0.05, 0) is 37.1 Å². The van der Waals surface area contributed by atoms with Gasteiger partial charge in [-0.15, -0.1) is 0 Å². The Balaban J connectivity index is 2.21. The normalized spacial score (nSPS) is 11.3. The molecule has 0 bridgehead atoms. The first-order valence-corrected chi connectivity index (χ1v) is 8.05. The number of nitrogens with zero attached hydrogens (tertiary/aromatic N) is 3. The van der Waals surface area contributed by atoms with Gasteiger partial charge in [0.2, 0.25) is 0 Å². The van der Waals surface area contributed by atoms with Crippen LogP contribution in [0.3, 0.4) is 0 Å². The SMILES string of the molecule is Cc1ccc(O)cc1-n1c(N)c(C(N)=O)c2nc3c(C)cccc3nc21. The van der Waals surface area contributed by atoms with Crippen molar-refractivity contribution in [2.45, 2.75) is 13.8 Å². The number of hydrogen-bond donors (Lipinski definition) is 3. The van der Waals surface area contributed by atoms with Gasteiger partial charge in [0, 0.05) is 6.07 Å². The number of phenols is 1. The summed E-state index contributed by atoms with van der Waals surface area (Å²) in [5.74, 6) is -0.447. The Labute approximate surface area is 148 Å². The number of anilines is 1. The lowest BCUT2D eigenvalue weighted by Crippen LogP contribution is -2.14. The fourth-order valence-corrected chi connectivity index (χ4v) is 3.20. The average Bonchev–Trinajstić information content (AvgIpc) is 2.87. The molecule has 0 spiro atoms. The Kier molecular flexibility index (Phi) is 3.33. The van der Waals surface area contributed by atoms with Crippen molar-refractivity contribution < 1.29 is 9.90 Å². The van der Waals surface area contributed by atoms with Crippen molar-refractivity contribution in [2.24, 2.45) is 5.73 Å². The minimum Gasteiger partial charge on any atom is -0.508 e. The van der Waals surface area contributed by atoms with Gasteiger partial charge in [0.15, 0.2) is 5.65 Å². The van der Waals surface area contributed by atoms with E-state index in [1.807, 2.05) is 32.0 Å². The third kappa shape index (κ3) is 2.17. The molecule has 0 aliphatic heterocycles. The van der Waals surface area contributed by atoms with Crippen LogP contribution in [0.1, 0.15) is 21.5 Å². The summed E-state index contributed by atoms with van der Waals surface area (Å²) in [6, 6.07) is 10.6. The highest BCUT2D eigenvalue weighted by molar-refractivity contribution is 6.10. The number of fused-ring (bicyclic) bond motifs is 2. The molecule has 4 rings (SSSR count). The van der Waals surface area contributed by atoms with Gasteiger partial charge in [-0.2, -0.15) is 0 Å². The number of carbonyl (C=O) groups excluding carboxylic acids is 1. The lowest BCUT2D eigenvalue weighted by Gasteiger charge is -2.11. The molecular formula is C19H17N5O2. The molecule has 0 aliphatic rings. The summed E-state index contributed by atoms with van der Waals surface area (Å²) in [7, 11) is 0. The topological polar surface area (TPSA) is 120 Å². The highest BCUT2D eigenvalue weighted by atomic mass is 16.3. The molecule has 26 heavy (non-hydrogen) atoms. The Morgan fingerprint density at radius 2 is 1.85 bits per heavy atom. The molecular weight excluding hydrogens is 330 g/mol. The Morgan fingerprint density at radius 1 is 1.08 bits per heavy atom. The Morgan fingerprint density at radius 3 is 2.58 bits per heavy atom. The van der Waals surface area contributed by atoms with Crippen LogP contribution < -0.4 is 11.5 Å². The molecule has 1 amide bonds. The predicted molar refractivity (Wildman–Crippen MR) is 100 cm³/mol. The van der Waals surface area contributed by atoms with Gasteiger partial charge in [-0.1, -0.05) is 18.2 Å². The molecule has 2 aromatic heterocycles. The molecule has 0 unspecified atom stereocenters. The lowest BCUT2D eigenvalue weighted by molar-refractivity contribution is 0.100. The molecule has 7 nitrogen and oxygen atoms in total. The van der Waals surface area contributed by atoms with Gasteiger partial charge in [-0.3, -0.25) is 9.36 Å². The van der Waals surface area contributed by atoms with E-state index in [2.05, 4.69) is 9.97 Å². The van der Waals surface area contributed by atoms with Crippen LogP contribution in [0.5, 0.6) is 5.75 Å². The fraction of sp³-hybridized carbons (Fsp3) is 0.105. The molecule has 2 aromatic carbocycles. The largest absolute Gasteiger partial charge is 0.508 e. The molecule has 7 heteroatoms. The summed E-state index contributed by atoms with van der Waals surface area (Å²) in [4.78, 5) is 21.4. The van der Waals surface area contributed by atoms with Crippen LogP contribution in [0.25, 0.3) is 27.9 Å². The van der Waals surface area contributed by atoms with Crippen LogP contribution in [0.2, 0.25) is 0 Å². The quantitative estimate of drug-likeness (QED) is 0.515. The highest BCUT2D eigenvalue weighted by Crippen LogP contribution is 2.33. The number of benzene rings is 2. The first-order valence-electron chi connectivity index (χ1n) is 8.05. The Hall–Kier alpha value is -3.61. The monoisotopic (exact) mass is 347 g/mol. The predicted octanol–water partition coefficient (Wildman–Crippen LogP) is 2.58. The number of aromatic nitrogens is 3. The van der Waals surface area contributed by atoms with Crippen molar-refractivity contribution in [3.05, 3.63) is 53.1 Å². The van der Waals surface area contributed by atoms with Crippen molar-refractivity contribution in [3.63, 3.8) is 0 Å². The molecule has 0 aliphatic carbocycles. The van der Waals surface area contributed by atoms with Crippen LogP contribution in [0.15, 0.2) is 36.4 Å². The maximum atomic E-state index is 12.1. The smallest absolute Gasteiger partial charge is 0.254 e. The first-order chi connectivity index (χ1) is 12.4. The van der Waals surface area contributed by atoms with Crippen LogP contribution >= 0.6 is 0 Å². The van der Waals surface area contributed by atoms with E-state index in [1.54, 1.807) is 22.8 Å². The van der Waals surface area contributed by atoms with Crippen LogP contribution in [-0.4, -0.2) is 25.5 Å². The number of primary amides is 1. The number of amides is 1. The van der Waals surface area contributed by atoms with E-state index in [9.17, 15) is 9.90 Å². The number of aryl methyl sites for hydroxylation is 2. The molecule has 0 saturated carbocycles. The summed E-state index contributed by atoms with van der Waals surface area (Å²) in [5, 5.41) is 9.90. The second-order valence-corrected chi connectivity index (χ2v) is 6.27. The molecule has 5 N–H and O–H groups in total. The third-order valence-electron chi connectivity index (χ3n) is 4.50. The highest BCUT2D eigenvalue weighted by Gasteiger charge is 2.24. The number of hydrogen-bond acceptors (Lipinski definition) is 5. The molecule has 0 saturated heterocycles. The number of rotatable bonds is 2. The zero-order chi connectivity index (χ0) is 18.6. The van der Waals surface area contributed by atoms with Crippen molar-refractivity contribution in [2.75, 3.05) is 5.73 Å². The molecule has 2 heterocycles. The minimum absolute atomic E-state index is 0.0806. The van der Waals surface area contributed by atoms with Crippen LogP contribution in [0, 0.1) is 13.8 Å². The van der Waals surface area contributed by atoms with Crippen molar-refractivity contribution in [3.8, 4) is 11.4 Å². The van der Waals surface area contributed by atoms with E-state index in [0.29, 0.717) is 27.9 Å². The number of nitrogen functional groups attached to an aromatic ring is 1. The summed E-state index contributed by atoms with van der Waals surface area (Å²) < 4.78 is 1.61. The van der Waals surface area contributed by atoms with Gasteiger partial charge >= 0.3 is 0 Å². The van der Waals surface area contributed by atoms with Gasteiger partial charge in [0.1, 0.15) is 22.6 Å². The minimum atomic E-state index is -0.675. The maximum Gasteiger partial charge on any atom is 0.254 e. The zero-order valence-corrected chi connectivity index (χ0v) is 14.3. The number of nitrogens with two attached hydrogens (primary N) is 2. The van der Waals surface area contributed by atoms with E-state index >= 15 is 0 Å². The van der Waals surface area contributed by atoms with Crippen LogP contribution in [0.4, 0.5) is 5.82 Å². The number of aromatic hydroxyl groups is 1. The first kappa shape index (κ1) is 15.9. The summed E-state index contributed by atoms with van der Waals surface area (Å²) in [6.45, 7) is 3.80. The van der Waals surface area contributed by atoms with E-state index in [0.717, 1.165) is 11.1 Å². The second-order valence-electron chi connectivity index (χ2n) is 6.27. The van der Waals surface area contributed by atoms with E-state index < -0.39 is 5.91 Å². The second kappa shape index (κ2) is 5.45. The van der Waals surface area contributed by atoms with E-state index in [-0.39, 0.29) is 17.1 Å². The maximum absolute atomic E-state index is 12.1. The number of carbonyl (C=O) groups is 1. The van der Waals surface area contributed by atoms with Crippen molar-refractivity contribution in [1.82, 2.24) is 14.5 Å². The van der Waals surface area contributed by atoms with E-state index in [4.69, 9.17) is 11.5 Å². The van der Waals surface area contributed by atoms with Crippen molar-refractivity contribution in [1.29, 1.82) is 0 Å². The van der Waals surface area contributed by atoms with Gasteiger partial charge < -0.3 is 16.6 Å². The molecule has 130 valence electrons. The number of phenolic OH excluding ortho intramolecular Hbond substituents is 1. The van der Waals surface area contributed by atoms with Gasteiger partial charge in [0.25, 0.3) is 5.91 Å². The standard InChI is InChI=1S/C19H17N5O2/c1-9-6-7-11(25)8-13(9)24-17(20)14(18(21)26)16-19(24)22-12-5-3-4-10(2)15(12)23-16/h3-8,25H,20H2,1-2H3,(H2,21,26). The summed E-state index contributed by atoms with van der Waals surface area (Å²) in [6.07, 6.45) is 0. The van der Waals surface area contributed by atoms with Crippen molar-refractivity contribution >= 4 is 33.9 Å². The zero-order valence-electron chi connectivity index (χ0n) is 14.3. The Bertz CT molecular complexity index is 1210. The summed E-state index contributed by atoms with van der Waals surface area (Å²) in [5.41, 5.74) is 16.5. The fourth-order valence-electron chi connectivity index (χ4n) is 3.20. The van der Waals surface area contributed by atoms with Crippen LogP contribution in [-0.2, 0) is 0 Å². The van der Waals surface area contributed by atoms with E-state index in [1.165, 1.54) is 0 Å². The molecule has 4 aromatic rings. The third-order valence-corrected chi connectivity index (χ3v) is 4.50. The molecule has 0 radical (unpaired) electrons. The van der Waals surface area contributed by atoms with Gasteiger partial charge in [0.05, 0.1) is 16.7 Å². The molecule has 0 atom stereocenters. The average molecular weight is 347 g/mol.